The van der Waals surface area contributed by atoms with E-state index in [-0.39, 0.29) is 11.4 Å². The highest BCUT2D eigenvalue weighted by atomic mass is 19.1. The summed E-state index contributed by atoms with van der Waals surface area (Å²) in [6.07, 6.45) is 8.23. The van der Waals surface area contributed by atoms with Crippen LogP contribution >= 0.6 is 0 Å². The molecule has 30 heavy (non-hydrogen) atoms. The highest BCUT2D eigenvalue weighted by Gasteiger charge is 2.41. The molecule has 2 aromatic rings. The number of carbonyl (C=O) groups is 1. The summed E-state index contributed by atoms with van der Waals surface area (Å²) in [6.45, 7) is 5.18. The van der Waals surface area contributed by atoms with Crippen LogP contribution in [0.15, 0.2) is 30.6 Å². The van der Waals surface area contributed by atoms with E-state index >= 15 is 0 Å². The molecule has 0 bridgehead atoms. The molecule has 1 spiro atoms. The predicted molar refractivity (Wildman–Crippen MR) is 114 cm³/mol. The van der Waals surface area contributed by atoms with Crippen molar-refractivity contribution in [2.75, 3.05) is 31.1 Å². The molecule has 1 atom stereocenters. The van der Waals surface area contributed by atoms with E-state index in [4.69, 9.17) is 0 Å². The number of anilines is 1. The number of amides is 1. The molecule has 1 aromatic carbocycles. The van der Waals surface area contributed by atoms with Crippen molar-refractivity contribution in [2.24, 2.45) is 0 Å². The molecule has 2 aliphatic rings. The van der Waals surface area contributed by atoms with Crippen molar-refractivity contribution in [3.8, 4) is 11.1 Å². The molecule has 2 fully saturated rings. The lowest BCUT2D eigenvalue weighted by atomic mass is 9.96. The second kappa shape index (κ2) is 8.68. The Bertz CT molecular complexity index is 907. The van der Waals surface area contributed by atoms with E-state index in [1.807, 2.05) is 0 Å². The lowest BCUT2D eigenvalue weighted by Gasteiger charge is -2.28. The van der Waals surface area contributed by atoms with Crippen molar-refractivity contribution in [3.63, 3.8) is 0 Å². The largest absolute Gasteiger partial charge is 0.368 e. The first-order valence-corrected chi connectivity index (χ1v) is 10.7. The Morgan fingerprint density at radius 1 is 1.23 bits per heavy atom. The summed E-state index contributed by atoms with van der Waals surface area (Å²) < 4.78 is 27.9. The quantitative estimate of drug-likeness (QED) is 0.705. The zero-order valence-corrected chi connectivity index (χ0v) is 17.3. The summed E-state index contributed by atoms with van der Waals surface area (Å²) in [5.41, 5.74) is 2.16. The molecule has 7 heteroatoms. The summed E-state index contributed by atoms with van der Waals surface area (Å²) >= 11 is 0. The van der Waals surface area contributed by atoms with Crippen LogP contribution in [0.3, 0.4) is 0 Å². The number of pyridine rings is 1. The molecule has 160 valence electrons. The standard InChI is InChI=1S/C23H28F2N4O/c1-2-3-7-27-22(30)20-14-26-13-19(16-10-17(24)12-18(25)11-16)21(20)29-9-6-23(15-29)5-4-8-28-23/h10-14,28H,2-9,15H2,1H3,(H,27,30). The van der Waals surface area contributed by atoms with Gasteiger partial charge in [0.1, 0.15) is 11.6 Å². The minimum atomic E-state index is -0.649. The lowest BCUT2D eigenvalue weighted by Crippen LogP contribution is -2.42. The van der Waals surface area contributed by atoms with Crippen LogP contribution in [0.2, 0.25) is 0 Å². The van der Waals surface area contributed by atoms with Crippen LogP contribution in [-0.2, 0) is 0 Å². The van der Waals surface area contributed by atoms with Gasteiger partial charge < -0.3 is 15.5 Å². The number of rotatable bonds is 6. The molecule has 5 nitrogen and oxygen atoms in total. The van der Waals surface area contributed by atoms with Crippen LogP contribution in [0.4, 0.5) is 14.5 Å². The number of benzene rings is 1. The number of aromatic nitrogens is 1. The van der Waals surface area contributed by atoms with Gasteiger partial charge in [0.2, 0.25) is 0 Å². The molecular formula is C23H28F2N4O. The SMILES string of the molecule is CCCCNC(=O)c1cncc(-c2cc(F)cc(F)c2)c1N1CCC2(CCCN2)C1. The minimum absolute atomic E-state index is 0.0453. The average molecular weight is 415 g/mol. The Morgan fingerprint density at radius 3 is 2.73 bits per heavy atom. The monoisotopic (exact) mass is 414 g/mol. The molecule has 0 saturated carbocycles. The Balaban J connectivity index is 1.76. The fourth-order valence-electron chi connectivity index (χ4n) is 4.64. The van der Waals surface area contributed by atoms with Crippen molar-refractivity contribution in [1.29, 1.82) is 0 Å². The van der Waals surface area contributed by atoms with Crippen LogP contribution in [-0.4, -0.2) is 42.6 Å². The Labute approximate surface area is 175 Å². The average Bonchev–Trinajstić information content (AvgIpc) is 3.36. The highest BCUT2D eigenvalue weighted by molar-refractivity contribution is 6.03. The number of nitrogens with one attached hydrogen (secondary N) is 2. The molecule has 0 radical (unpaired) electrons. The van der Waals surface area contributed by atoms with Gasteiger partial charge in [-0.15, -0.1) is 0 Å². The molecule has 1 unspecified atom stereocenters. The van der Waals surface area contributed by atoms with Gasteiger partial charge in [-0.3, -0.25) is 9.78 Å². The first kappa shape index (κ1) is 20.7. The Morgan fingerprint density at radius 2 is 2.03 bits per heavy atom. The van der Waals surface area contributed by atoms with Crippen LogP contribution < -0.4 is 15.5 Å². The van der Waals surface area contributed by atoms with Crippen molar-refractivity contribution in [1.82, 2.24) is 15.6 Å². The molecule has 2 aliphatic heterocycles. The second-order valence-corrected chi connectivity index (χ2v) is 8.33. The van der Waals surface area contributed by atoms with Crippen LogP contribution in [0.5, 0.6) is 0 Å². The van der Waals surface area contributed by atoms with E-state index in [9.17, 15) is 13.6 Å². The van der Waals surface area contributed by atoms with Gasteiger partial charge in [-0.05, 0) is 49.9 Å². The number of unbranched alkanes of at least 4 members (excludes halogenated alkanes) is 1. The van der Waals surface area contributed by atoms with Crippen molar-refractivity contribution < 1.29 is 13.6 Å². The highest BCUT2D eigenvalue weighted by Crippen LogP contribution is 2.39. The van der Waals surface area contributed by atoms with E-state index < -0.39 is 11.6 Å². The Hall–Kier alpha value is -2.54. The summed E-state index contributed by atoms with van der Waals surface area (Å²) in [6, 6.07) is 3.44. The van der Waals surface area contributed by atoms with Gasteiger partial charge in [0.25, 0.3) is 5.91 Å². The third-order valence-electron chi connectivity index (χ3n) is 6.15. The molecule has 1 aromatic heterocycles. The maximum atomic E-state index is 14.0. The zero-order valence-electron chi connectivity index (χ0n) is 17.3. The third-order valence-corrected chi connectivity index (χ3v) is 6.15. The Kier molecular flexibility index (Phi) is 5.99. The van der Waals surface area contributed by atoms with E-state index in [0.717, 1.165) is 57.8 Å². The third kappa shape index (κ3) is 4.17. The fourth-order valence-corrected chi connectivity index (χ4v) is 4.64. The maximum absolute atomic E-state index is 14.0. The van der Waals surface area contributed by atoms with E-state index in [0.29, 0.717) is 28.9 Å². The van der Waals surface area contributed by atoms with Gasteiger partial charge in [0.05, 0.1) is 11.3 Å². The number of halogens is 2. The summed E-state index contributed by atoms with van der Waals surface area (Å²) in [5, 5.41) is 6.58. The van der Waals surface area contributed by atoms with Crippen molar-refractivity contribution in [2.45, 2.75) is 44.6 Å². The number of nitrogens with zero attached hydrogens (tertiary/aromatic N) is 2. The molecule has 4 rings (SSSR count). The maximum Gasteiger partial charge on any atom is 0.254 e. The van der Waals surface area contributed by atoms with E-state index in [1.165, 1.54) is 12.1 Å². The first-order chi connectivity index (χ1) is 14.5. The van der Waals surface area contributed by atoms with Gasteiger partial charge in [0, 0.05) is 49.2 Å². The van der Waals surface area contributed by atoms with E-state index in [1.54, 1.807) is 12.4 Å². The molecule has 2 N–H and O–H groups in total. The lowest BCUT2D eigenvalue weighted by molar-refractivity contribution is 0.0953. The summed E-state index contributed by atoms with van der Waals surface area (Å²) in [4.78, 5) is 19.4. The van der Waals surface area contributed by atoms with Gasteiger partial charge in [-0.25, -0.2) is 8.78 Å². The van der Waals surface area contributed by atoms with Gasteiger partial charge in [-0.1, -0.05) is 13.3 Å². The van der Waals surface area contributed by atoms with Gasteiger partial charge >= 0.3 is 0 Å². The normalized spacial score (nSPS) is 20.8. The van der Waals surface area contributed by atoms with Crippen molar-refractivity contribution in [3.05, 3.63) is 47.8 Å². The van der Waals surface area contributed by atoms with Crippen LogP contribution in [0.1, 0.15) is 49.4 Å². The van der Waals surface area contributed by atoms with Crippen LogP contribution in [0.25, 0.3) is 11.1 Å². The second-order valence-electron chi connectivity index (χ2n) is 8.33. The topological polar surface area (TPSA) is 57.3 Å². The smallest absolute Gasteiger partial charge is 0.254 e. The number of carbonyl (C=O) groups excluding carboxylic acids is 1. The van der Waals surface area contributed by atoms with E-state index in [2.05, 4.69) is 27.4 Å². The van der Waals surface area contributed by atoms with Crippen LogP contribution in [0, 0.1) is 11.6 Å². The molecule has 2 saturated heterocycles. The molecule has 0 aliphatic carbocycles. The summed E-state index contributed by atoms with van der Waals surface area (Å²) in [5.74, 6) is -1.50. The molecular weight excluding hydrogens is 386 g/mol. The first-order valence-electron chi connectivity index (χ1n) is 10.7. The molecule has 3 heterocycles. The predicted octanol–water partition coefficient (Wildman–Crippen LogP) is 3.89. The molecule has 1 amide bonds. The number of hydrogen-bond donors (Lipinski definition) is 2. The van der Waals surface area contributed by atoms with Gasteiger partial charge in [0.15, 0.2) is 0 Å². The fraction of sp³-hybridized carbons (Fsp3) is 0.478. The van der Waals surface area contributed by atoms with Crippen molar-refractivity contribution >= 4 is 11.6 Å². The number of hydrogen-bond acceptors (Lipinski definition) is 4. The van der Waals surface area contributed by atoms with Gasteiger partial charge in [-0.2, -0.15) is 0 Å². The summed E-state index contributed by atoms with van der Waals surface area (Å²) in [7, 11) is 0. The minimum Gasteiger partial charge on any atom is -0.368 e. The zero-order chi connectivity index (χ0) is 21.1.